The average Bonchev–Trinajstić information content (AvgIpc) is 1.98. The Bertz CT molecular complexity index is 91.7. The number of carbonyl (C=O) groups excluding carboxylic acids is 1. The molecule has 0 spiro atoms. The Labute approximate surface area is 60.1 Å². The minimum atomic E-state index is -0.385. The number of rotatable bonds is 5. The molecular weight excluding hydrogens is 136 g/mol. The highest BCUT2D eigenvalue weighted by Crippen LogP contribution is 1.82. The van der Waals surface area contributed by atoms with Gasteiger partial charge in [-0.1, -0.05) is 0 Å². The van der Waals surface area contributed by atoms with Crippen LogP contribution in [0.3, 0.4) is 0 Å². The third-order valence-corrected chi connectivity index (χ3v) is 0.800. The van der Waals surface area contributed by atoms with Crippen molar-refractivity contribution >= 4 is 5.97 Å². The SMILES string of the molecule is CO[CH]COCC(=O)OC. The molecule has 0 aromatic rings. The molecule has 0 aliphatic heterocycles. The highest BCUT2D eigenvalue weighted by molar-refractivity contribution is 5.70. The van der Waals surface area contributed by atoms with Crippen molar-refractivity contribution in [3.63, 3.8) is 0 Å². The first kappa shape index (κ1) is 9.39. The Morgan fingerprint density at radius 1 is 1.50 bits per heavy atom. The van der Waals surface area contributed by atoms with Crippen molar-refractivity contribution in [2.24, 2.45) is 0 Å². The molecule has 0 saturated heterocycles. The average molecular weight is 147 g/mol. The second kappa shape index (κ2) is 6.51. The molecule has 0 heterocycles. The van der Waals surface area contributed by atoms with Gasteiger partial charge in [0.15, 0.2) is 0 Å². The van der Waals surface area contributed by atoms with Crippen LogP contribution in [-0.4, -0.2) is 33.4 Å². The van der Waals surface area contributed by atoms with Crippen molar-refractivity contribution in [2.45, 2.75) is 0 Å². The minimum Gasteiger partial charge on any atom is -0.467 e. The second-order valence-corrected chi connectivity index (χ2v) is 1.49. The van der Waals surface area contributed by atoms with Gasteiger partial charge < -0.3 is 14.2 Å². The lowest BCUT2D eigenvalue weighted by Crippen LogP contribution is -2.11. The Morgan fingerprint density at radius 2 is 2.20 bits per heavy atom. The number of methoxy groups -OCH3 is 2. The van der Waals surface area contributed by atoms with Gasteiger partial charge >= 0.3 is 5.97 Å². The number of ether oxygens (including phenoxy) is 3. The van der Waals surface area contributed by atoms with Crippen LogP contribution in [0.15, 0.2) is 0 Å². The molecule has 0 aromatic carbocycles. The number of carbonyl (C=O) groups is 1. The van der Waals surface area contributed by atoms with Gasteiger partial charge in [0, 0.05) is 7.11 Å². The topological polar surface area (TPSA) is 44.8 Å². The van der Waals surface area contributed by atoms with E-state index in [0.717, 1.165) is 0 Å². The van der Waals surface area contributed by atoms with E-state index < -0.39 is 0 Å². The highest BCUT2D eigenvalue weighted by atomic mass is 16.6. The molecule has 0 rings (SSSR count). The molecule has 0 unspecified atom stereocenters. The Morgan fingerprint density at radius 3 is 2.70 bits per heavy atom. The summed E-state index contributed by atoms with van der Waals surface area (Å²) < 4.78 is 13.6. The van der Waals surface area contributed by atoms with Crippen LogP contribution in [0.1, 0.15) is 0 Å². The number of hydrogen-bond donors (Lipinski definition) is 0. The van der Waals surface area contributed by atoms with Crippen LogP contribution < -0.4 is 0 Å². The molecule has 4 heteroatoms. The Kier molecular flexibility index (Phi) is 6.11. The van der Waals surface area contributed by atoms with Crippen LogP contribution in [-0.2, 0) is 19.0 Å². The van der Waals surface area contributed by atoms with E-state index in [0.29, 0.717) is 6.61 Å². The molecule has 0 saturated carbocycles. The highest BCUT2D eigenvalue weighted by Gasteiger charge is 1.97. The summed E-state index contributed by atoms with van der Waals surface area (Å²) in [4.78, 5) is 10.4. The van der Waals surface area contributed by atoms with Crippen LogP contribution >= 0.6 is 0 Å². The summed E-state index contributed by atoms with van der Waals surface area (Å²) in [5, 5.41) is 0. The minimum absolute atomic E-state index is 0.0314. The zero-order chi connectivity index (χ0) is 7.82. The van der Waals surface area contributed by atoms with Crippen molar-refractivity contribution in [3.05, 3.63) is 6.61 Å². The maximum absolute atomic E-state index is 10.4. The van der Waals surface area contributed by atoms with Gasteiger partial charge in [-0.2, -0.15) is 0 Å². The first-order valence-corrected chi connectivity index (χ1v) is 2.80. The van der Waals surface area contributed by atoms with Crippen LogP contribution in [0.25, 0.3) is 0 Å². The fourth-order valence-corrected chi connectivity index (χ4v) is 0.317. The van der Waals surface area contributed by atoms with Crippen molar-refractivity contribution in [1.29, 1.82) is 0 Å². The van der Waals surface area contributed by atoms with Crippen molar-refractivity contribution < 1.29 is 19.0 Å². The summed E-state index contributed by atoms with van der Waals surface area (Å²) >= 11 is 0. The van der Waals surface area contributed by atoms with Gasteiger partial charge in [0.1, 0.15) is 13.2 Å². The smallest absolute Gasteiger partial charge is 0.331 e. The molecule has 0 aromatic heterocycles. The van der Waals surface area contributed by atoms with E-state index in [-0.39, 0.29) is 12.6 Å². The molecule has 4 nitrogen and oxygen atoms in total. The third kappa shape index (κ3) is 5.53. The van der Waals surface area contributed by atoms with Gasteiger partial charge in [0.05, 0.1) is 13.7 Å². The first-order valence-electron chi connectivity index (χ1n) is 2.80. The third-order valence-electron chi connectivity index (χ3n) is 0.800. The molecule has 0 atom stereocenters. The first-order chi connectivity index (χ1) is 4.81. The van der Waals surface area contributed by atoms with Crippen LogP contribution in [0.5, 0.6) is 0 Å². The summed E-state index contributed by atoms with van der Waals surface area (Å²) in [6.45, 7) is 1.71. The van der Waals surface area contributed by atoms with E-state index in [1.54, 1.807) is 0 Å². The lowest BCUT2D eigenvalue weighted by Gasteiger charge is -1.99. The summed E-state index contributed by atoms with van der Waals surface area (Å²) in [7, 11) is 2.83. The summed E-state index contributed by atoms with van der Waals surface area (Å²) in [5.41, 5.74) is 0. The van der Waals surface area contributed by atoms with Gasteiger partial charge in [-0.15, -0.1) is 0 Å². The van der Waals surface area contributed by atoms with E-state index in [1.165, 1.54) is 20.8 Å². The van der Waals surface area contributed by atoms with E-state index in [2.05, 4.69) is 9.47 Å². The van der Waals surface area contributed by atoms with E-state index in [1.807, 2.05) is 0 Å². The zero-order valence-electron chi connectivity index (χ0n) is 6.12. The van der Waals surface area contributed by atoms with Crippen molar-refractivity contribution in [1.82, 2.24) is 0 Å². The van der Waals surface area contributed by atoms with E-state index in [9.17, 15) is 4.79 Å². The van der Waals surface area contributed by atoms with Crippen LogP contribution in [0.4, 0.5) is 0 Å². The molecule has 0 bridgehead atoms. The predicted molar refractivity (Wildman–Crippen MR) is 34.1 cm³/mol. The zero-order valence-corrected chi connectivity index (χ0v) is 6.12. The molecular formula is C6H11O4. The molecule has 0 aliphatic rings. The Hall–Kier alpha value is -0.610. The van der Waals surface area contributed by atoms with Gasteiger partial charge in [-0.25, -0.2) is 4.79 Å². The van der Waals surface area contributed by atoms with Crippen LogP contribution in [0, 0.1) is 6.61 Å². The fourth-order valence-electron chi connectivity index (χ4n) is 0.317. The lowest BCUT2D eigenvalue weighted by atomic mass is 10.7. The van der Waals surface area contributed by atoms with Gasteiger partial charge in [-0.3, -0.25) is 0 Å². The molecule has 59 valence electrons. The van der Waals surface area contributed by atoms with Gasteiger partial charge in [0.2, 0.25) is 0 Å². The quantitative estimate of drug-likeness (QED) is 0.405. The maximum atomic E-state index is 10.4. The molecule has 10 heavy (non-hydrogen) atoms. The van der Waals surface area contributed by atoms with E-state index in [4.69, 9.17) is 4.74 Å². The summed E-state index contributed by atoms with van der Waals surface area (Å²) in [6.07, 6.45) is 0. The molecule has 0 N–H and O–H groups in total. The summed E-state index contributed by atoms with van der Waals surface area (Å²) in [5.74, 6) is -0.385. The van der Waals surface area contributed by atoms with E-state index >= 15 is 0 Å². The molecule has 0 amide bonds. The standard InChI is InChI=1S/C6H11O4/c1-8-3-4-10-5-6(7)9-2/h3H,4-5H2,1-2H3. The van der Waals surface area contributed by atoms with Crippen molar-refractivity contribution in [3.8, 4) is 0 Å². The van der Waals surface area contributed by atoms with Crippen molar-refractivity contribution in [2.75, 3.05) is 27.4 Å². The van der Waals surface area contributed by atoms with Crippen LogP contribution in [0.2, 0.25) is 0 Å². The number of esters is 1. The largest absolute Gasteiger partial charge is 0.467 e. The molecule has 1 radical (unpaired) electrons. The monoisotopic (exact) mass is 147 g/mol. The number of hydrogen-bond acceptors (Lipinski definition) is 4. The second-order valence-electron chi connectivity index (χ2n) is 1.49. The molecule has 0 fully saturated rings. The maximum Gasteiger partial charge on any atom is 0.331 e. The fraction of sp³-hybridized carbons (Fsp3) is 0.667. The normalized spacial score (nSPS) is 9.40. The van der Waals surface area contributed by atoms with Gasteiger partial charge in [0.25, 0.3) is 0 Å². The summed E-state index contributed by atoms with van der Waals surface area (Å²) in [6, 6.07) is 0. The van der Waals surface area contributed by atoms with Gasteiger partial charge in [-0.05, 0) is 0 Å². The molecule has 0 aliphatic carbocycles. The lowest BCUT2D eigenvalue weighted by molar-refractivity contribution is -0.145. The predicted octanol–water partition coefficient (Wildman–Crippen LogP) is -0.0158. The Balaban J connectivity index is 2.96.